The number of hydrogen-bond donors (Lipinski definition) is 1. The fourth-order valence-electron chi connectivity index (χ4n) is 4.49. The maximum atomic E-state index is 14.7. The van der Waals surface area contributed by atoms with Gasteiger partial charge >= 0.3 is 0 Å². The van der Waals surface area contributed by atoms with E-state index in [0.29, 0.717) is 33.5 Å². The number of hydrogen-bond acceptors (Lipinski definition) is 4. The molecule has 1 heterocycles. The highest BCUT2D eigenvalue weighted by atomic mass is 35.5. The number of aromatic hydroxyl groups is 1. The van der Waals surface area contributed by atoms with Crippen molar-refractivity contribution in [2.45, 2.75) is 38.0 Å². The summed E-state index contributed by atoms with van der Waals surface area (Å²) in [4.78, 5) is 0. The van der Waals surface area contributed by atoms with Crippen molar-refractivity contribution < 1.29 is 14.2 Å². The standard InChI is InChI=1S/C26H22ClFN2O2/c27-21-15-18-19(14-20(21)24-22(28)12-7-13-23(24)31)26(32-17-10-5-2-6-11-17)30-29-25(18)16-8-3-1-4-9-16/h2,5-7,10-16,31H,1,3-4,8-9H2. The summed E-state index contributed by atoms with van der Waals surface area (Å²) < 4.78 is 20.7. The lowest BCUT2D eigenvalue weighted by molar-refractivity contribution is 0.429. The largest absolute Gasteiger partial charge is 0.507 e. The van der Waals surface area contributed by atoms with E-state index in [1.165, 1.54) is 24.6 Å². The molecule has 162 valence electrons. The van der Waals surface area contributed by atoms with Gasteiger partial charge in [-0.05, 0) is 49.2 Å². The highest BCUT2D eigenvalue weighted by molar-refractivity contribution is 6.34. The SMILES string of the molecule is Oc1cccc(F)c1-c1cc2c(Oc3ccccc3)nnc(C3CCCCC3)c2cc1Cl. The fraction of sp³-hybridized carbons (Fsp3) is 0.231. The highest BCUT2D eigenvalue weighted by Gasteiger charge is 2.24. The van der Waals surface area contributed by atoms with Gasteiger partial charge in [0.25, 0.3) is 0 Å². The van der Waals surface area contributed by atoms with Gasteiger partial charge in [0.1, 0.15) is 17.3 Å². The lowest BCUT2D eigenvalue weighted by Crippen LogP contribution is -2.09. The van der Waals surface area contributed by atoms with Crippen molar-refractivity contribution >= 4 is 22.4 Å². The topological polar surface area (TPSA) is 55.2 Å². The van der Waals surface area contributed by atoms with Crippen LogP contribution in [0.1, 0.15) is 43.7 Å². The first-order valence-electron chi connectivity index (χ1n) is 10.8. The number of ether oxygens (including phenoxy) is 1. The van der Waals surface area contributed by atoms with Crippen LogP contribution in [0.15, 0.2) is 60.7 Å². The molecule has 5 rings (SSSR count). The van der Waals surface area contributed by atoms with Crippen molar-refractivity contribution in [1.82, 2.24) is 10.2 Å². The Labute approximate surface area is 190 Å². The summed E-state index contributed by atoms with van der Waals surface area (Å²) in [6, 6.07) is 17.1. The first-order valence-corrected chi connectivity index (χ1v) is 11.2. The molecule has 4 nitrogen and oxygen atoms in total. The third kappa shape index (κ3) is 3.89. The lowest BCUT2D eigenvalue weighted by atomic mass is 9.85. The van der Waals surface area contributed by atoms with E-state index in [1.54, 1.807) is 12.1 Å². The number of nitrogens with zero attached hydrogens (tertiary/aromatic N) is 2. The highest BCUT2D eigenvalue weighted by Crippen LogP contribution is 2.43. The summed E-state index contributed by atoms with van der Waals surface area (Å²) >= 11 is 6.64. The van der Waals surface area contributed by atoms with Crippen LogP contribution in [0, 0.1) is 5.82 Å². The number of phenols is 1. The first-order chi connectivity index (χ1) is 15.6. The van der Waals surface area contributed by atoms with E-state index in [-0.39, 0.29) is 11.3 Å². The van der Waals surface area contributed by atoms with Crippen LogP contribution in [0.25, 0.3) is 21.9 Å². The Hall–Kier alpha value is -3.18. The van der Waals surface area contributed by atoms with E-state index >= 15 is 0 Å². The summed E-state index contributed by atoms with van der Waals surface area (Å²) in [7, 11) is 0. The number of benzene rings is 3. The van der Waals surface area contributed by atoms with Crippen LogP contribution in [0.3, 0.4) is 0 Å². The van der Waals surface area contributed by atoms with E-state index in [2.05, 4.69) is 10.2 Å². The van der Waals surface area contributed by atoms with E-state index in [1.807, 2.05) is 30.3 Å². The minimum absolute atomic E-state index is 0.0566. The Morgan fingerprint density at radius 1 is 0.906 bits per heavy atom. The Bertz CT molecular complexity index is 1250. The maximum Gasteiger partial charge on any atom is 0.246 e. The molecule has 1 saturated carbocycles. The van der Waals surface area contributed by atoms with Crippen molar-refractivity contribution in [3.63, 3.8) is 0 Å². The number of fused-ring (bicyclic) bond motifs is 1. The Morgan fingerprint density at radius 2 is 1.69 bits per heavy atom. The van der Waals surface area contributed by atoms with Crippen LogP contribution < -0.4 is 4.74 Å². The monoisotopic (exact) mass is 448 g/mol. The second-order valence-electron chi connectivity index (χ2n) is 8.15. The van der Waals surface area contributed by atoms with Gasteiger partial charge < -0.3 is 9.84 Å². The third-order valence-electron chi connectivity index (χ3n) is 6.07. The molecule has 32 heavy (non-hydrogen) atoms. The molecule has 1 aliphatic rings. The maximum absolute atomic E-state index is 14.7. The van der Waals surface area contributed by atoms with Gasteiger partial charge in [0.15, 0.2) is 0 Å². The van der Waals surface area contributed by atoms with Crippen molar-refractivity contribution in [3.8, 4) is 28.5 Å². The summed E-state index contributed by atoms with van der Waals surface area (Å²) in [5, 5.41) is 21.2. The van der Waals surface area contributed by atoms with Crippen LogP contribution >= 0.6 is 11.6 Å². The number of rotatable bonds is 4. The molecule has 4 aromatic rings. The summed E-state index contributed by atoms with van der Waals surface area (Å²) in [5.74, 6) is 0.518. The molecule has 0 aliphatic heterocycles. The number of aromatic nitrogens is 2. The van der Waals surface area contributed by atoms with Gasteiger partial charge in [-0.1, -0.05) is 55.1 Å². The summed E-state index contributed by atoms with van der Waals surface area (Å²) in [6.07, 6.45) is 5.65. The van der Waals surface area contributed by atoms with Crippen LogP contribution in [0.4, 0.5) is 4.39 Å². The quantitative estimate of drug-likeness (QED) is 0.348. The molecule has 6 heteroatoms. The molecule has 1 fully saturated rings. The van der Waals surface area contributed by atoms with Crippen LogP contribution in [-0.4, -0.2) is 15.3 Å². The van der Waals surface area contributed by atoms with Crippen LogP contribution in [0.5, 0.6) is 17.4 Å². The van der Waals surface area contributed by atoms with Crippen molar-refractivity contribution in [2.24, 2.45) is 0 Å². The van der Waals surface area contributed by atoms with Crippen LogP contribution in [0.2, 0.25) is 5.02 Å². The molecule has 1 aromatic heterocycles. The summed E-state index contributed by atoms with van der Waals surface area (Å²) in [5.41, 5.74) is 1.34. The molecule has 0 radical (unpaired) electrons. The number of halogens is 2. The number of para-hydroxylation sites is 1. The minimum atomic E-state index is -0.550. The molecule has 0 saturated heterocycles. The van der Waals surface area contributed by atoms with Crippen molar-refractivity contribution in [1.29, 1.82) is 0 Å². The second kappa shape index (κ2) is 8.75. The average Bonchev–Trinajstić information content (AvgIpc) is 2.81. The molecule has 0 unspecified atom stereocenters. The molecule has 3 aromatic carbocycles. The zero-order chi connectivity index (χ0) is 22.1. The molecule has 0 atom stereocenters. The molecular weight excluding hydrogens is 427 g/mol. The Morgan fingerprint density at radius 3 is 2.44 bits per heavy atom. The minimum Gasteiger partial charge on any atom is -0.507 e. The molecule has 0 spiro atoms. The van der Waals surface area contributed by atoms with Crippen molar-refractivity contribution in [3.05, 3.63) is 77.2 Å². The predicted molar refractivity (Wildman–Crippen MR) is 124 cm³/mol. The van der Waals surface area contributed by atoms with Gasteiger partial charge in [0, 0.05) is 27.3 Å². The van der Waals surface area contributed by atoms with E-state index in [9.17, 15) is 9.50 Å². The number of phenolic OH excluding ortho intramolecular Hbond substituents is 1. The van der Waals surface area contributed by atoms with E-state index in [0.717, 1.165) is 36.8 Å². The zero-order valence-electron chi connectivity index (χ0n) is 17.4. The van der Waals surface area contributed by atoms with Gasteiger partial charge in [-0.2, -0.15) is 5.10 Å². The average molecular weight is 449 g/mol. The van der Waals surface area contributed by atoms with Crippen molar-refractivity contribution in [2.75, 3.05) is 0 Å². The first kappa shape index (κ1) is 20.7. The van der Waals surface area contributed by atoms with E-state index < -0.39 is 5.82 Å². The summed E-state index contributed by atoms with van der Waals surface area (Å²) in [6.45, 7) is 0. The predicted octanol–water partition coefficient (Wildman–Crippen LogP) is 7.63. The molecule has 0 amide bonds. The fourth-order valence-corrected chi connectivity index (χ4v) is 4.75. The molecular formula is C26H22ClFN2O2. The van der Waals surface area contributed by atoms with Gasteiger partial charge in [-0.15, -0.1) is 5.10 Å². The normalized spacial score (nSPS) is 14.6. The van der Waals surface area contributed by atoms with E-state index in [4.69, 9.17) is 16.3 Å². The smallest absolute Gasteiger partial charge is 0.246 e. The Kier molecular flexibility index (Phi) is 5.66. The Balaban J connectivity index is 1.72. The third-order valence-corrected chi connectivity index (χ3v) is 6.39. The van der Waals surface area contributed by atoms with Gasteiger partial charge in [-0.3, -0.25) is 0 Å². The van der Waals surface area contributed by atoms with Crippen LogP contribution in [-0.2, 0) is 0 Å². The molecule has 1 N–H and O–H groups in total. The molecule has 1 aliphatic carbocycles. The molecule has 0 bridgehead atoms. The lowest BCUT2D eigenvalue weighted by Gasteiger charge is -2.23. The second-order valence-corrected chi connectivity index (χ2v) is 8.56. The zero-order valence-corrected chi connectivity index (χ0v) is 18.1. The van der Waals surface area contributed by atoms with Gasteiger partial charge in [-0.25, -0.2) is 4.39 Å². The van der Waals surface area contributed by atoms with Gasteiger partial charge in [0.05, 0.1) is 11.3 Å². The van der Waals surface area contributed by atoms with Gasteiger partial charge in [0.2, 0.25) is 5.88 Å².